The van der Waals surface area contributed by atoms with Crippen molar-refractivity contribution in [3.63, 3.8) is 0 Å². The lowest BCUT2D eigenvalue weighted by atomic mass is 10.1. The molecule has 0 amide bonds. The second kappa shape index (κ2) is 9.94. The molecule has 8 heteroatoms. The first kappa shape index (κ1) is 24.1. The van der Waals surface area contributed by atoms with Gasteiger partial charge in [0, 0.05) is 31.1 Å². The van der Waals surface area contributed by atoms with Crippen molar-refractivity contribution in [2.24, 2.45) is 5.92 Å². The van der Waals surface area contributed by atoms with Gasteiger partial charge in [0.1, 0.15) is 0 Å². The Hall–Kier alpha value is -2.55. The van der Waals surface area contributed by atoms with E-state index >= 15 is 0 Å². The van der Waals surface area contributed by atoms with Gasteiger partial charge in [-0.25, -0.2) is 16.8 Å². The summed E-state index contributed by atoms with van der Waals surface area (Å²) in [4.78, 5) is 4.72. The number of hydrogen-bond donors (Lipinski definition) is 0. The van der Waals surface area contributed by atoms with Gasteiger partial charge in [0.25, 0.3) is 0 Å². The highest BCUT2D eigenvalue weighted by Gasteiger charge is 2.24. The SMILES string of the molecule is CC(C)CN(Cc1ccc(-c2ccc(S(C)(=O)=O)cc2)nc1)S(=O)(=O)Cc1ccccc1. The van der Waals surface area contributed by atoms with Crippen molar-refractivity contribution in [1.29, 1.82) is 0 Å². The third-order valence-electron chi connectivity index (χ3n) is 4.92. The minimum absolute atomic E-state index is 0.0429. The molecule has 0 aliphatic rings. The van der Waals surface area contributed by atoms with E-state index in [4.69, 9.17) is 0 Å². The standard InChI is InChI=1S/C24H28N2O4S2/c1-19(2)16-26(32(29,30)18-20-7-5-4-6-8-20)17-21-9-14-24(25-15-21)22-10-12-23(13-11-22)31(3,27)28/h4-15,19H,16-18H2,1-3H3. The van der Waals surface area contributed by atoms with Gasteiger partial charge in [-0.1, -0.05) is 62.4 Å². The Bertz CT molecular complexity index is 1240. The molecule has 0 saturated carbocycles. The van der Waals surface area contributed by atoms with Gasteiger partial charge < -0.3 is 0 Å². The predicted octanol–water partition coefficient (Wildman–Crippen LogP) is 4.14. The number of sulfone groups is 1. The Morgan fingerprint density at radius 2 is 1.50 bits per heavy atom. The van der Waals surface area contributed by atoms with Gasteiger partial charge in [-0.05, 0) is 35.2 Å². The Kier molecular flexibility index (Phi) is 7.48. The molecule has 0 fully saturated rings. The molecule has 0 spiro atoms. The van der Waals surface area contributed by atoms with Crippen LogP contribution in [0, 0.1) is 5.92 Å². The smallest absolute Gasteiger partial charge is 0.218 e. The van der Waals surface area contributed by atoms with E-state index in [0.29, 0.717) is 12.2 Å². The van der Waals surface area contributed by atoms with Crippen molar-refractivity contribution in [2.45, 2.75) is 31.0 Å². The number of benzene rings is 2. The fourth-order valence-electron chi connectivity index (χ4n) is 3.33. The lowest BCUT2D eigenvalue weighted by molar-refractivity contribution is 0.361. The van der Waals surface area contributed by atoms with Crippen LogP contribution in [0.15, 0.2) is 77.8 Å². The molecule has 1 aromatic heterocycles. The molecule has 170 valence electrons. The van der Waals surface area contributed by atoms with E-state index in [1.54, 1.807) is 30.5 Å². The van der Waals surface area contributed by atoms with E-state index in [9.17, 15) is 16.8 Å². The maximum atomic E-state index is 13.1. The van der Waals surface area contributed by atoms with Crippen LogP contribution in [0.2, 0.25) is 0 Å². The van der Waals surface area contributed by atoms with Crippen LogP contribution < -0.4 is 0 Å². The van der Waals surface area contributed by atoms with Gasteiger partial charge in [0.15, 0.2) is 9.84 Å². The van der Waals surface area contributed by atoms with Gasteiger partial charge in [-0.15, -0.1) is 0 Å². The molecule has 1 heterocycles. The molecule has 0 bridgehead atoms. The summed E-state index contributed by atoms with van der Waals surface area (Å²) in [7, 11) is -6.75. The molecule has 0 aliphatic carbocycles. The lowest BCUT2D eigenvalue weighted by Gasteiger charge is -2.24. The van der Waals surface area contributed by atoms with Crippen molar-refractivity contribution in [2.75, 3.05) is 12.8 Å². The van der Waals surface area contributed by atoms with Crippen LogP contribution in [0.5, 0.6) is 0 Å². The van der Waals surface area contributed by atoms with E-state index in [1.165, 1.54) is 10.6 Å². The fourth-order valence-corrected chi connectivity index (χ4v) is 5.62. The van der Waals surface area contributed by atoms with Gasteiger partial charge in [0.2, 0.25) is 10.0 Å². The van der Waals surface area contributed by atoms with Crippen molar-refractivity contribution < 1.29 is 16.8 Å². The van der Waals surface area contributed by atoms with Crippen molar-refractivity contribution >= 4 is 19.9 Å². The zero-order valence-corrected chi connectivity index (χ0v) is 20.1. The zero-order valence-electron chi connectivity index (χ0n) is 18.5. The average Bonchev–Trinajstić information content (AvgIpc) is 2.73. The van der Waals surface area contributed by atoms with Crippen LogP contribution in [0.3, 0.4) is 0 Å². The minimum Gasteiger partial charge on any atom is -0.256 e. The maximum Gasteiger partial charge on any atom is 0.218 e. The third kappa shape index (κ3) is 6.48. The molecule has 0 atom stereocenters. The predicted molar refractivity (Wildman–Crippen MR) is 127 cm³/mol. The molecule has 3 aromatic rings. The molecular formula is C24H28N2O4S2. The molecule has 0 unspecified atom stereocenters. The molecule has 6 nitrogen and oxygen atoms in total. The Morgan fingerprint density at radius 3 is 2.03 bits per heavy atom. The van der Waals surface area contributed by atoms with Gasteiger partial charge >= 0.3 is 0 Å². The maximum absolute atomic E-state index is 13.1. The second-order valence-corrected chi connectivity index (χ2v) is 12.3. The van der Waals surface area contributed by atoms with Crippen LogP contribution in [0.4, 0.5) is 0 Å². The monoisotopic (exact) mass is 472 g/mol. The number of nitrogens with zero attached hydrogens (tertiary/aromatic N) is 2. The van der Waals surface area contributed by atoms with E-state index in [1.807, 2.05) is 56.3 Å². The van der Waals surface area contributed by atoms with Gasteiger partial charge in [0.05, 0.1) is 16.3 Å². The Labute approximate surface area is 190 Å². The van der Waals surface area contributed by atoms with Crippen LogP contribution in [-0.4, -0.2) is 38.9 Å². The number of sulfonamides is 1. The number of rotatable bonds is 9. The first-order valence-corrected chi connectivity index (χ1v) is 13.8. The molecule has 2 aromatic carbocycles. The van der Waals surface area contributed by atoms with Gasteiger partial charge in [-0.3, -0.25) is 4.98 Å². The van der Waals surface area contributed by atoms with E-state index in [-0.39, 0.29) is 23.1 Å². The number of hydrogen-bond acceptors (Lipinski definition) is 5. The highest BCUT2D eigenvalue weighted by Crippen LogP contribution is 2.21. The molecule has 0 radical (unpaired) electrons. The highest BCUT2D eigenvalue weighted by atomic mass is 32.2. The molecule has 0 N–H and O–H groups in total. The summed E-state index contributed by atoms with van der Waals surface area (Å²) in [5.74, 6) is 0.139. The normalized spacial score (nSPS) is 12.4. The van der Waals surface area contributed by atoms with E-state index in [0.717, 1.165) is 16.7 Å². The van der Waals surface area contributed by atoms with Crippen LogP contribution in [0.25, 0.3) is 11.3 Å². The minimum atomic E-state index is -3.50. The van der Waals surface area contributed by atoms with Gasteiger partial charge in [-0.2, -0.15) is 4.31 Å². The quantitative estimate of drug-likeness (QED) is 0.467. The summed E-state index contributed by atoms with van der Waals surface area (Å²) in [5.41, 5.74) is 3.03. The van der Waals surface area contributed by atoms with E-state index < -0.39 is 19.9 Å². The summed E-state index contributed by atoms with van der Waals surface area (Å²) in [6.07, 6.45) is 2.84. The number of pyridine rings is 1. The largest absolute Gasteiger partial charge is 0.256 e. The van der Waals surface area contributed by atoms with Crippen molar-refractivity contribution in [1.82, 2.24) is 9.29 Å². The first-order chi connectivity index (χ1) is 15.0. The summed E-state index contributed by atoms with van der Waals surface area (Å²) in [6, 6.07) is 19.4. The highest BCUT2D eigenvalue weighted by molar-refractivity contribution is 7.90. The second-order valence-electron chi connectivity index (χ2n) is 8.28. The zero-order chi connectivity index (χ0) is 23.4. The summed E-state index contributed by atoms with van der Waals surface area (Å²) < 4.78 is 51.0. The summed E-state index contributed by atoms with van der Waals surface area (Å²) in [6.45, 7) is 4.65. The lowest BCUT2D eigenvalue weighted by Crippen LogP contribution is -2.34. The molecule has 0 aliphatic heterocycles. The fraction of sp³-hybridized carbons (Fsp3) is 0.292. The van der Waals surface area contributed by atoms with Crippen LogP contribution in [0.1, 0.15) is 25.0 Å². The molecule has 3 rings (SSSR count). The first-order valence-electron chi connectivity index (χ1n) is 10.3. The molecular weight excluding hydrogens is 444 g/mol. The average molecular weight is 473 g/mol. The van der Waals surface area contributed by atoms with E-state index in [2.05, 4.69) is 4.98 Å². The Balaban J connectivity index is 1.78. The summed E-state index contributed by atoms with van der Waals surface area (Å²) >= 11 is 0. The topological polar surface area (TPSA) is 84.4 Å². The van der Waals surface area contributed by atoms with Crippen molar-refractivity contribution in [3.05, 3.63) is 84.1 Å². The van der Waals surface area contributed by atoms with Crippen LogP contribution in [-0.2, 0) is 32.2 Å². The number of aromatic nitrogens is 1. The Morgan fingerprint density at radius 1 is 0.844 bits per heavy atom. The van der Waals surface area contributed by atoms with Crippen LogP contribution >= 0.6 is 0 Å². The molecule has 32 heavy (non-hydrogen) atoms. The third-order valence-corrected chi connectivity index (χ3v) is 7.81. The molecule has 0 saturated heterocycles. The summed E-state index contributed by atoms with van der Waals surface area (Å²) in [5, 5.41) is 0. The van der Waals surface area contributed by atoms with Crippen molar-refractivity contribution in [3.8, 4) is 11.3 Å².